The summed E-state index contributed by atoms with van der Waals surface area (Å²) < 4.78 is 0. The minimum Gasteiger partial charge on any atom is -0.378 e. The van der Waals surface area contributed by atoms with E-state index in [1.165, 1.54) is 55.6 Å². The summed E-state index contributed by atoms with van der Waals surface area (Å²) in [6.45, 7) is 8.37. The molecule has 0 aromatic heterocycles. The number of rotatable bonds is 6. The van der Waals surface area contributed by atoms with E-state index in [0.717, 1.165) is 25.1 Å². The third-order valence-electron chi connectivity index (χ3n) is 5.53. The van der Waals surface area contributed by atoms with Gasteiger partial charge in [-0.05, 0) is 62.8 Å². The average Bonchev–Trinajstić information content (AvgIpc) is 3.46. The number of nitrogens with zero attached hydrogens (tertiary/aromatic N) is 3. The van der Waals surface area contributed by atoms with E-state index in [0.29, 0.717) is 6.04 Å². The fraction of sp³-hybridized carbons (Fsp3) is 0.667. The van der Waals surface area contributed by atoms with Gasteiger partial charge in [0.1, 0.15) is 0 Å². The lowest BCUT2D eigenvalue weighted by molar-refractivity contribution is 0.197. The highest BCUT2D eigenvalue weighted by molar-refractivity contribution is 5.80. The van der Waals surface area contributed by atoms with Crippen LogP contribution in [0.5, 0.6) is 0 Å². The number of benzene rings is 1. The quantitative estimate of drug-likeness (QED) is 0.607. The summed E-state index contributed by atoms with van der Waals surface area (Å²) in [5, 5.41) is 7.07. The molecule has 1 heterocycles. The van der Waals surface area contributed by atoms with Crippen LogP contribution in [0, 0.1) is 6.92 Å². The highest BCUT2D eigenvalue weighted by Crippen LogP contribution is 2.29. The van der Waals surface area contributed by atoms with Gasteiger partial charge in [0.15, 0.2) is 5.96 Å². The molecule has 5 nitrogen and oxygen atoms in total. The summed E-state index contributed by atoms with van der Waals surface area (Å²) in [4.78, 5) is 9.65. The van der Waals surface area contributed by atoms with Gasteiger partial charge in [-0.1, -0.05) is 6.07 Å². The van der Waals surface area contributed by atoms with E-state index >= 15 is 0 Å². The molecule has 1 saturated carbocycles. The lowest BCUT2D eigenvalue weighted by Crippen LogP contribution is -2.49. The Balaban J connectivity index is 1.56. The lowest BCUT2D eigenvalue weighted by Gasteiger charge is -2.33. The highest BCUT2D eigenvalue weighted by Gasteiger charge is 2.31. The highest BCUT2D eigenvalue weighted by atomic mass is 15.2. The van der Waals surface area contributed by atoms with Crippen LogP contribution in [0.3, 0.4) is 0 Å². The van der Waals surface area contributed by atoms with Crippen molar-refractivity contribution in [1.82, 2.24) is 15.5 Å². The normalized spacial score (nSPS) is 19.5. The van der Waals surface area contributed by atoms with Gasteiger partial charge in [0.05, 0.1) is 6.54 Å². The molecule has 5 heteroatoms. The summed E-state index contributed by atoms with van der Waals surface area (Å²) in [6.07, 6.45) is 5.26. The molecule has 3 rings (SSSR count). The smallest absolute Gasteiger partial charge is 0.191 e. The molecule has 0 atom stereocenters. The molecule has 144 valence electrons. The van der Waals surface area contributed by atoms with Crippen LogP contribution in [0.15, 0.2) is 23.2 Å². The van der Waals surface area contributed by atoms with Crippen molar-refractivity contribution in [3.63, 3.8) is 0 Å². The maximum Gasteiger partial charge on any atom is 0.191 e. The number of anilines is 1. The van der Waals surface area contributed by atoms with Crippen LogP contribution in [-0.4, -0.2) is 56.7 Å². The average molecular weight is 358 g/mol. The van der Waals surface area contributed by atoms with Crippen molar-refractivity contribution in [3.8, 4) is 0 Å². The van der Waals surface area contributed by atoms with E-state index < -0.39 is 0 Å². The Morgan fingerprint density at radius 2 is 1.92 bits per heavy atom. The summed E-state index contributed by atoms with van der Waals surface area (Å²) in [7, 11) is 4.16. The Morgan fingerprint density at radius 1 is 1.19 bits per heavy atom. The van der Waals surface area contributed by atoms with Crippen LogP contribution < -0.4 is 15.5 Å². The van der Waals surface area contributed by atoms with Gasteiger partial charge in [0.2, 0.25) is 0 Å². The third kappa shape index (κ3) is 5.13. The minimum atomic E-state index is 0.542. The third-order valence-corrected chi connectivity index (χ3v) is 5.53. The number of aryl methyl sites for hydroxylation is 1. The van der Waals surface area contributed by atoms with Gasteiger partial charge in [-0.15, -0.1) is 0 Å². The number of piperidine rings is 1. The molecule has 26 heavy (non-hydrogen) atoms. The molecule has 0 bridgehead atoms. The molecule has 1 saturated heterocycles. The first-order valence-electron chi connectivity index (χ1n) is 10.1. The molecule has 2 aliphatic rings. The van der Waals surface area contributed by atoms with Crippen molar-refractivity contribution >= 4 is 11.6 Å². The zero-order valence-corrected chi connectivity index (χ0v) is 16.9. The van der Waals surface area contributed by atoms with Crippen LogP contribution >= 0.6 is 0 Å². The molecule has 1 aromatic carbocycles. The molecule has 0 unspecified atom stereocenters. The maximum absolute atomic E-state index is 4.85. The molecule has 0 amide bonds. The molecular weight excluding hydrogens is 322 g/mol. The van der Waals surface area contributed by atoms with E-state index in [1.807, 2.05) is 0 Å². The Bertz CT molecular complexity index is 613. The van der Waals surface area contributed by atoms with Crippen LogP contribution in [0.4, 0.5) is 5.69 Å². The number of hydrogen-bond acceptors (Lipinski definition) is 3. The van der Waals surface area contributed by atoms with Crippen molar-refractivity contribution in [3.05, 3.63) is 29.3 Å². The molecule has 2 N–H and O–H groups in total. The van der Waals surface area contributed by atoms with Gasteiger partial charge in [0, 0.05) is 51.5 Å². The zero-order chi connectivity index (χ0) is 18.5. The first kappa shape index (κ1) is 19.0. The Labute approximate surface area is 158 Å². The van der Waals surface area contributed by atoms with Crippen LogP contribution in [-0.2, 0) is 6.54 Å². The first-order valence-corrected chi connectivity index (χ1v) is 10.1. The van der Waals surface area contributed by atoms with Crippen LogP contribution in [0.25, 0.3) is 0 Å². The molecule has 0 radical (unpaired) electrons. The Morgan fingerprint density at radius 3 is 2.50 bits per heavy atom. The number of guanidine groups is 1. The Kier molecular flexibility index (Phi) is 6.41. The van der Waals surface area contributed by atoms with Gasteiger partial charge in [-0.25, -0.2) is 4.99 Å². The SMILES string of the molecule is CCNC(=NCc1ccc(N(C)C)cc1C)NC1CCN(C2CC2)CC1. The summed E-state index contributed by atoms with van der Waals surface area (Å²) in [5.74, 6) is 0.952. The lowest BCUT2D eigenvalue weighted by atomic mass is 10.1. The maximum atomic E-state index is 4.85. The van der Waals surface area contributed by atoms with Gasteiger partial charge < -0.3 is 20.4 Å². The molecule has 2 fully saturated rings. The van der Waals surface area contributed by atoms with E-state index in [2.05, 4.69) is 66.6 Å². The molecular formula is C21H35N5. The zero-order valence-electron chi connectivity index (χ0n) is 16.9. The number of hydrogen-bond donors (Lipinski definition) is 2. The fourth-order valence-corrected chi connectivity index (χ4v) is 3.66. The standard InChI is InChI=1S/C21H35N5/c1-5-22-21(24-18-10-12-26(13-11-18)19-8-9-19)23-15-17-6-7-20(25(3)4)14-16(17)2/h6-7,14,18-19H,5,8-13,15H2,1-4H3,(H2,22,23,24). The van der Waals surface area contributed by atoms with Crippen molar-refractivity contribution in [1.29, 1.82) is 0 Å². The van der Waals surface area contributed by atoms with E-state index in [1.54, 1.807) is 0 Å². The summed E-state index contributed by atoms with van der Waals surface area (Å²) >= 11 is 0. The number of likely N-dealkylation sites (tertiary alicyclic amines) is 1. The largest absolute Gasteiger partial charge is 0.378 e. The van der Waals surface area contributed by atoms with Crippen molar-refractivity contribution in [2.75, 3.05) is 38.6 Å². The fourth-order valence-electron chi connectivity index (χ4n) is 3.66. The second kappa shape index (κ2) is 8.76. The number of nitrogens with one attached hydrogen (secondary N) is 2. The predicted molar refractivity (Wildman–Crippen MR) is 111 cm³/mol. The summed E-state index contributed by atoms with van der Waals surface area (Å²) in [5.41, 5.74) is 3.83. The van der Waals surface area contributed by atoms with Crippen LogP contribution in [0.2, 0.25) is 0 Å². The topological polar surface area (TPSA) is 42.9 Å². The second-order valence-corrected chi connectivity index (χ2v) is 7.89. The molecule has 1 aliphatic heterocycles. The van der Waals surface area contributed by atoms with E-state index in [4.69, 9.17) is 4.99 Å². The van der Waals surface area contributed by atoms with Gasteiger partial charge >= 0.3 is 0 Å². The molecule has 0 spiro atoms. The second-order valence-electron chi connectivity index (χ2n) is 7.89. The van der Waals surface area contributed by atoms with Gasteiger partial charge in [0.25, 0.3) is 0 Å². The monoisotopic (exact) mass is 357 g/mol. The molecule has 1 aromatic rings. The molecule has 1 aliphatic carbocycles. The number of aliphatic imine (C=N–C) groups is 1. The Hall–Kier alpha value is -1.75. The van der Waals surface area contributed by atoms with E-state index in [9.17, 15) is 0 Å². The van der Waals surface area contributed by atoms with Crippen LogP contribution in [0.1, 0.15) is 43.7 Å². The van der Waals surface area contributed by atoms with Gasteiger partial charge in [-0.3, -0.25) is 0 Å². The predicted octanol–water partition coefficient (Wildman–Crippen LogP) is 2.74. The van der Waals surface area contributed by atoms with E-state index in [-0.39, 0.29) is 0 Å². The first-order chi connectivity index (χ1) is 12.6. The van der Waals surface area contributed by atoms with Crippen molar-refractivity contribution < 1.29 is 0 Å². The minimum absolute atomic E-state index is 0.542. The van der Waals surface area contributed by atoms with Gasteiger partial charge in [-0.2, -0.15) is 0 Å². The summed E-state index contributed by atoms with van der Waals surface area (Å²) in [6, 6.07) is 8.04. The van der Waals surface area contributed by atoms with Crippen molar-refractivity contribution in [2.24, 2.45) is 4.99 Å². The van der Waals surface area contributed by atoms with Crippen molar-refractivity contribution in [2.45, 2.75) is 58.2 Å².